The maximum absolute atomic E-state index is 12.9. The zero-order chi connectivity index (χ0) is 25.7. The summed E-state index contributed by atoms with van der Waals surface area (Å²) in [6, 6.07) is 11.0. The summed E-state index contributed by atoms with van der Waals surface area (Å²) in [6.07, 6.45) is 5.06. The van der Waals surface area contributed by atoms with Crippen molar-refractivity contribution in [3.8, 4) is 11.3 Å². The summed E-state index contributed by atoms with van der Waals surface area (Å²) in [7, 11) is 1.26. The van der Waals surface area contributed by atoms with E-state index in [9.17, 15) is 14.4 Å². The number of hydrogen-bond donors (Lipinski definition) is 6. The molecule has 2 heterocycles. The van der Waals surface area contributed by atoms with Gasteiger partial charge in [0.05, 0.1) is 30.7 Å². The average Bonchev–Trinajstić information content (AvgIpc) is 3.35. The molecule has 2 bridgehead atoms. The summed E-state index contributed by atoms with van der Waals surface area (Å²) < 4.78 is 4.63. The van der Waals surface area contributed by atoms with Crippen LogP contribution in [0.25, 0.3) is 11.3 Å². The van der Waals surface area contributed by atoms with Gasteiger partial charge in [-0.15, -0.1) is 0 Å². The highest BCUT2D eigenvalue weighted by Crippen LogP contribution is 2.31. The normalized spacial score (nSPS) is 15.8. The molecule has 1 aliphatic heterocycles. The van der Waals surface area contributed by atoms with Gasteiger partial charge in [0.2, 0.25) is 5.91 Å². The Bertz CT molecular complexity index is 1340. The van der Waals surface area contributed by atoms with Gasteiger partial charge in [0.1, 0.15) is 11.7 Å². The summed E-state index contributed by atoms with van der Waals surface area (Å²) >= 11 is 0. The maximum atomic E-state index is 12.9. The fourth-order valence-corrected chi connectivity index (χ4v) is 3.69. The quantitative estimate of drug-likeness (QED) is 0.187. The summed E-state index contributed by atoms with van der Waals surface area (Å²) in [4.78, 5) is 44.8. The molecule has 184 valence electrons. The number of benzene rings is 2. The molecule has 11 heteroatoms. The van der Waals surface area contributed by atoms with Crippen LogP contribution in [0.2, 0.25) is 0 Å². The maximum Gasteiger partial charge on any atom is 0.411 e. The molecule has 7 N–H and O–H groups in total. The number of aromatic amines is 1. The molecule has 0 aliphatic carbocycles. The summed E-state index contributed by atoms with van der Waals surface area (Å²) in [5, 5.41) is 15.9. The molecule has 3 amide bonds. The van der Waals surface area contributed by atoms with Gasteiger partial charge in [-0.1, -0.05) is 24.3 Å². The van der Waals surface area contributed by atoms with Crippen molar-refractivity contribution in [1.82, 2.24) is 15.3 Å². The molecule has 0 fully saturated rings. The molecule has 1 aromatic heterocycles. The molecule has 4 rings (SSSR count). The first-order valence-corrected chi connectivity index (χ1v) is 11.1. The number of aromatic nitrogens is 2. The standard InChI is InChI=1S/C25H25N7O4/c1-36-25(35)29-16-10-11-17-19(12-16)30-21(33)5-3-2-4-18(23-28-13-20(17)31-23)32-24(34)15-8-6-14(7-9-15)22(26)27/h2-3,6-13,18H,4-5H2,1H3,(H3,26,27)(H,28,31)(H,29,35)(H,30,33)(H,32,34)/b3-2-. The van der Waals surface area contributed by atoms with Gasteiger partial charge < -0.3 is 26.1 Å². The predicted octanol–water partition coefficient (Wildman–Crippen LogP) is 3.30. The fourth-order valence-electron chi connectivity index (χ4n) is 3.69. The second-order valence-corrected chi connectivity index (χ2v) is 8.04. The Morgan fingerprint density at radius 1 is 1.14 bits per heavy atom. The van der Waals surface area contributed by atoms with Crippen molar-refractivity contribution in [2.45, 2.75) is 18.9 Å². The number of imidazole rings is 1. The van der Waals surface area contributed by atoms with Crippen LogP contribution in [0.1, 0.15) is 40.6 Å². The van der Waals surface area contributed by atoms with Crippen molar-refractivity contribution in [2.24, 2.45) is 5.73 Å². The number of amidine groups is 1. The van der Waals surface area contributed by atoms with Crippen LogP contribution in [-0.2, 0) is 9.53 Å². The van der Waals surface area contributed by atoms with E-state index in [4.69, 9.17) is 11.1 Å². The SMILES string of the molecule is COC(=O)Nc1ccc2c(c1)NC(=O)C/C=C\CC(NC(=O)c1ccc(C(=N)N)cc1)c1ncc-2[nH]1. The highest BCUT2D eigenvalue weighted by atomic mass is 16.5. The van der Waals surface area contributed by atoms with E-state index >= 15 is 0 Å². The Kier molecular flexibility index (Phi) is 7.10. The zero-order valence-corrected chi connectivity index (χ0v) is 19.4. The van der Waals surface area contributed by atoms with Gasteiger partial charge in [0, 0.05) is 28.8 Å². The number of carbonyl (C=O) groups excluding carboxylic acids is 3. The van der Waals surface area contributed by atoms with Crippen LogP contribution in [0, 0.1) is 5.41 Å². The number of nitrogens with zero attached hydrogens (tertiary/aromatic N) is 1. The lowest BCUT2D eigenvalue weighted by atomic mass is 10.1. The van der Waals surface area contributed by atoms with Gasteiger partial charge in [0.15, 0.2) is 0 Å². The third-order valence-corrected chi connectivity index (χ3v) is 5.55. The lowest BCUT2D eigenvalue weighted by Crippen LogP contribution is -2.29. The number of rotatable bonds is 4. The molecule has 1 atom stereocenters. The van der Waals surface area contributed by atoms with Crippen molar-refractivity contribution >= 4 is 35.1 Å². The molecular weight excluding hydrogens is 462 g/mol. The molecule has 0 spiro atoms. The molecule has 2 aromatic carbocycles. The third kappa shape index (κ3) is 5.58. The minimum Gasteiger partial charge on any atom is -0.453 e. The van der Waals surface area contributed by atoms with Crippen LogP contribution in [0.4, 0.5) is 16.2 Å². The first-order valence-electron chi connectivity index (χ1n) is 11.1. The van der Waals surface area contributed by atoms with E-state index in [-0.39, 0.29) is 24.1 Å². The third-order valence-electron chi connectivity index (χ3n) is 5.55. The smallest absolute Gasteiger partial charge is 0.411 e. The largest absolute Gasteiger partial charge is 0.453 e. The van der Waals surface area contributed by atoms with Crippen LogP contribution >= 0.6 is 0 Å². The molecule has 0 saturated heterocycles. The molecule has 1 aliphatic rings. The predicted molar refractivity (Wildman–Crippen MR) is 135 cm³/mol. The number of carbonyl (C=O) groups is 3. The van der Waals surface area contributed by atoms with Gasteiger partial charge in [-0.25, -0.2) is 9.78 Å². The van der Waals surface area contributed by atoms with E-state index < -0.39 is 12.1 Å². The summed E-state index contributed by atoms with van der Waals surface area (Å²) in [6.45, 7) is 0. The molecule has 0 saturated carbocycles. The first-order chi connectivity index (χ1) is 17.3. The second-order valence-electron chi connectivity index (χ2n) is 8.04. The van der Waals surface area contributed by atoms with E-state index in [0.717, 1.165) is 0 Å². The fraction of sp³-hybridized carbons (Fsp3) is 0.160. The monoisotopic (exact) mass is 487 g/mol. The molecule has 36 heavy (non-hydrogen) atoms. The molecule has 0 radical (unpaired) electrons. The Labute approximate surface area is 206 Å². The first kappa shape index (κ1) is 24.2. The highest BCUT2D eigenvalue weighted by Gasteiger charge is 2.20. The van der Waals surface area contributed by atoms with Crippen LogP contribution in [0.15, 0.2) is 60.8 Å². The van der Waals surface area contributed by atoms with Gasteiger partial charge >= 0.3 is 6.09 Å². The van der Waals surface area contributed by atoms with Gasteiger partial charge in [-0.2, -0.15) is 0 Å². The van der Waals surface area contributed by atoms with Crippen molar-refractivity contribution < 1.29 is 19.1 Å². The number of anilines is 2. The van der Waals surface area contributed by atoms with Gasteiger partial charge in [-0.05, 0) is 36.8 Å². The van der Waals surface area contributed by atoms with Crippen molar-refractivity contribution in [2.75, 3.05) is 17.7 Å². The highest BCUT2D eigenvalue weighted by molar-refractivity contribution is 5.99. The number of methoxy groups -OCH3 is 1. The van der Waals surface area contributed by atoms with E-state index in [1.807, 2.05) is 6.08 Å². The molecular formula is C25H25N7O4. The Morgan fingerprint density at radius 3 is 2.61 bits per heavy atom. The van der Waals surface area contributed by atoms with Crippen LogP contribution in [0.5, 0.6) is 0 Å². The number of hydrogen-bond acceptors (Lipinski definition) is 6. The lowest BCUT2D eigenvalue weighted by Gasteiger charge is -2.17. The Balaban J connectivity index is 1.63. The van der Waals surface area contributed by atoms with Crippen molar-refractivity contribution in [3.63, 3.8) is 0 Å². The number of nitrogen functional groups attached to an aromatic ring is 1. The Morgan fingerprint density at radius 2 is 1.89 bits per heavy atom. The minimum atomic E-state index is -0.629. The molecule has 1 unspecified atom stereocenters. The van der Waals surface area contributed by atoms with Crippen LogP contribution < -0.4 is 21.7 Å². The zero-order valence-electron chi connectivity index (χ0n) is 19.4. The van der Waals surface area contributed by atoms with Gasteiger partial charge in [0.25, 0.3) is 5.91 Å². The topological polar surface area (TPSA) is 175 Å². The number of amides is 3. The van der Waals surface area contributed by atoms with E-state index in [2.05, 4.69) is 30.7 Å². The van der Waals surface area contributed by atoms with Gasteiger partial charge in [-0.3, -0.25) is 20.3 Å². The second kappa shape index (κ2) is 10.6. The number of nitrogens with one attached hydrogen (secondary N) is 5. The van der Waals surface area contributed by atoms with Crippen molar-refractivity contribution in [3.05, 3.63) is 77.8 Å². The summed E-state index contributed by atoms with van der Waals surface area (Å²) in [5.41, 5.74) is 8.63. The Hall–Kier alpha value is -4.93. The number of H-pyrrole nitrogens is 1. The lowest BCUT2D eigenvalue weighted by molar-refractivity contribution is -0.115. The number of fused-ring (bicyclic) bond motifs is 4. The summed E-state index contributed by atoms with van der Waals surface area (Å²) in [5.74, 6) is -0.0931. The molecule has 11 nitrogen and oxygen atoms in total. The van der Waals surface area contributed by atoms with E-state index in [1.165, 1.54) is 7.11 Å². The molecule has 3 aromatic rings. The van der Waals surface area contributed by atoms with E-state index in [0.29, 0.717) is 46.0 Å². The van der Waals surface area contributed by atoms with Crippen molar-refractivity contribution in [1.29, 1.82) is 5.41 Å². The average molecular weight is 488 g/mol. The number of nitrogens with two attached hydrogens (primary N) is 1. The van der Waals surface area contributed by atoms with Crippen LogP contribution in [0.3, 0.4) is 0 Å². The number of ether oxygens (including phenoxy) is 1. The minimum absolute atomic E-state index is 0.0768. The van der Waals surface area contributed by atoms with E-state index in [1.54, 1.807) is 54.7 Å². The van der Waals surface area contributed by atoms with Crippen LogP contribution in [-0.4, -0.2) is 40.8 Å².